The topological polar surface area (TPSA) is 88.2 Å². The summed E-state index contributed by atoms with van der Waals surface area (Å²) in [5, 5.41) is 2.97. The molecule has 1 aromatic heterocycles. The molecule has 0 bridgehead atoms. The minimum Gasteiger partial charge on any atom is -0.348 e. The zero-order chi connectivity index (χ0) is 21.4. The first-order chi connectivity index (χ1) is 13.7. The van der Waals surface area contributed by atoms with Crippen LogP contribution in [-0.4, -0.2) is 25.6 Å². The number of carbonyl (C=O) groups is 1. The predicted octanol–water partition coefficient (Wildman–Crippen LogP) is 3.86. The summed E-state index contributed by atoms with van der Waals surface area (Å²) in [6.45, 7) is 1.61. The Balaban J connectivity index is 2.00. The highest BCUT2D eigenvalue weighted by Crippen LogP contribution is 2.23. The maximum Gasteiger partial charge on any atom is 0.244 e. The first-order valence-corrected chi connectivity index (χ1v) is 11.3. The average molecular weight is 440 g/mol. The number of halogens is 2. The van der Waals surface area contributed by atoms with Crippen LogP contribution in [0.1, 0.15) is 35.9 Å². The molecule has 0 atom stereocenters. The van der Waals surface area contributed by atoms with Crippen molar-refractivity contribution in [2.24, 2.45) is 0 Å². The minimum absolute atomic E-state index is 0.225. The van der Waals surface area contributed by atoms with Crippen LogP contribution in [0.3, 0.4) is 0 Å². The van der Waals surface area contributed by atoms with Crippen molar-refractivity contribution in [3.8, 4) is 0 Å². The zero-order valence-corrected chi connectivity index (χ0v) is 17.8. The van der Waals surface area contributed by atoms with Crippen LogP contribution in [0.25, 0.3) is 6.08 Å². The molecule has 0 fully saturated rings. The third-order valence-electron chi connectivity index (χ3n) is 3.90. The van der Waals surface area contributed by atoms with Crippen molar-refractivity contribution >= 4 is 39.3 Å². The summed E-state index contributed by atoms with van der Waals surface area (Å²) < 4.78 is 37.7. The normalized spacial score (nSPS) is 11.6. The summed E-state index contributed by atoms with van der Waals surface area (Å²) in [4.78, 5) is 16.4. The van der Waals surface area contributed by atoms with Gasteiger partial charge in [-0.1, -0.05) is 37.1 Å². The summed E-state index contributed by atoms with van der Waals surface area (Å²) in [7, 11) is -3.42. The van der Waals surface area contributed by atoms with Gasteiger partial charge in [0.1, 0.15) is 6.67 Å². The van der Waals surface area contributed by atoms with Gasteiger partial charge in [-0.3, -0.25) is 14.5 Å². The number of sulfonamides is 1. The van der Waals surface area contributed by atoms with Crippen LogP contribution >= 0.6 is 11.6 Å². The smallest absolute Gasteiger partial charge is 0.244 e. The van der Waals surface area contributed by atoms with Crippen LogP contribution in [-0.2, 0) is 34.5 Å². The molecular weight excluding hydrogens is 417 g/mol. The number of anilines is 1. The summed E-state index contributed by atoms with van der Waals surface area (Å²) >= 11 is 6.08. The number of hydrogen-bond donors (Lipinski definition) is 2. The van der Waals surface area contributed by atoms with Crippen LogP contribution in [0.2, 0.25) is 5.02 Å². The van der Waals surface area contributed by atoms with Crippen LogP contribution in [0.5, 0.6) is 0 Å². The average Bonchev–Trinajstić information content (AvgIpc) is 2.66. The van der Waals surface area contributed by atoms with Crippen molar-refractivity contribution in [1.29, 1.82) is 0 Å². The third kappa shape index (κ3) is 7.47. The second kappa shape index (κ2) is 10.4. The summed E-state index contributed by atoms with van der Waals surface area (Å²) in [5.74, 6) is -0.309. The second-order valence-corrected chi connectivity index (χ2v) is 8.62. The van der Waals surface area contributed by atoms with E-state index in [0.717, 1.165) is 29.5 Å². The van der Waals surface area contributed by atoms with Gasteiger partial charge in [0.2, 0.25) is 15.9 Å². The quantitative estimate of drug-likeness (QED) is 0.581. The fourth-order valence-electron chi connectivity index (χ4n) is 2.59. The number of alkyl halides is 1. The number of nitrogens with zero attached hydrogens (tertiary/aromatic N) is 1. The Hall–Kier alpha value is -2.45. The lowest BCUT2D eigenvalue weighted by molar-refractivity contribution is -0.116. The van der Waals surface area contributed by atoms with E-state index >= 15 is 0 Å². The standard InChI is InChI=1S/C20H23ClFN3O3S/c1-3-4-18-15(6-8-16(12-22)24-18)7-10-20(26)23-13-14-5-9-19(17(21)11-14)25-29(2,27)28/h5-11,25H,3-4,12-13H2,1-2H3,(H,23,26)/b10-7+. The van der Waals surface area contributed by atoms with Gasteiger partial charge in [-0.15, -0.1) is 0 Å². The molecule has 0 unspecified atom stereocenters. The Kier molecular flexibility index (Phi) is 8.16. The maximum atomic E-state index is 12.8. The lowest BCUT2D eigenvalue weighted by atomic mass is 10.1. The van der Waals surface area contributed by atoms with E-state index in [1.165, 1.54) is 12.1 Å². The molecule has 0 saturated heterocycles. The van der Waals surface area contributed by atoms with Crippen molar-refractivity contribution in [3.63, 3.8) is 0 Å². The zero-order valence-electron chi connectivity index (χ0n) is 16.2. The molecule has 0 saturated carbocycles. The van der Waals surface area contributed by atoms with Crippen LogP contribution < -0.4 is 10.0 Å². The summed E-state index contributed by atoms with van der Waals surface area (Å²) in [6, 6.07) is 8.14. The van der Waals surface area contributed by atoms with E-state index in [9.17, 15) is 17.6 Å². The molecule has 1 amide bonds. The van der Waals surface area contributed by atoms with Gasteiger partial charge in [-0.05, 0) is 41.8 Å². The minimum atomic E-state index is -3.42. The number of amides is 1. The van der Waals surface area contributed by atoms with Crippen LogP contribution in [0, 0.1) is 0 Å². The molecule has 156 valence electrons. The van der Waals surface area contributed by atoms with E-state index < -0.39 is 16.7 Å². The van der Waals surface area contributed by atoms with E-state index in [1.807, 2.05) is 6.92 Å². The maximum absolute atomic E-state index is 12.8. The summed E-state index contributed by atoms with van der Waals surface area (Å²) in [6.07, 6.45) is 5.65. The Morgan fingerprint density at radius 3 is 2.66 bits per heavy atom. The van der Waals surface area contributed by atoms with Gasteiger partial charge in [0.05, 0.1) is 22.7 Å². The summed E-state index contributed by atoms with van der Waals surface area (Å²) in [5.41, 5.74) is 2.90. The number of hydrogen-bond acceptors (Lipinski definition) is 4. The number of aromatic nitrogens is 1. The molecule has 0 aliphatic rings. The Labute approximate surface area is 175 Å². The lowest BCUT2D eigenvalue weighted by Gasteiger charge is -2.09. The number of pyridine rings is 1. The van der Waals surface area contributed by atoms with E-state index in [2.05, 4.69) is 15.0 Å². The van der Waals surface area contributed by atoms with Gasteiger partial charge in [0.25, 0.3) is 0 Å². The van der Waals surface area contributed by atoms with Gasteiger partial charge in [-0.25, -0.2) is 12.8 Å². The van der Waals surface area contributed by atoms with Gasteiger partial charge in [0, 0.05) is 18.3 Å². The lowest BCUT2D eigenvalue weighted by Crippen LogP contribution is -2.20. The molecule has 29 heavy (non-hydrogen) atoms. The monoisotopic (exact) mass is 439 g/mol. The molecule has 2 N–H and O–H groups in total. The fraction of sp³-hybridized carbons (Fsp3) is 0.300. The number of rotatable bonds is 9. The number of benzene rings is 1. The Morgan fingerprint density at radius 1 is 1.28 bits per heavy atom. The van der Waals surface area contributed by atoms with E-state index in [1.54, 1.807) is 30.3 Å². The largest absolute Gasteiger partial charge is 0.348 e. The molecule has 2 rings (SSSR count). The Bertz CT molecular complexity index is 1010. The van der Waals surface area contributed by atoms with Gasteiger partial charge >= 0.3 is 0 Å². The van der Waals surface area contributed by atoms with Crippen molar-refractivity contribution in [2.45, 2.75) is 33.0 Å². The van der Waals surface area contributed by atoms with Gasteiger partial charge in [-0.2, -0.15) is 0 Å². The molecule has 1 heterocycles. The highest BCUT2D eigenvalue weighted by atomic mass is 35.5. The fourth-order valence-corrected chi connectivity index (χ4v) is 3.47. The van der Waals surface area contributed by atoms with Crippen molar-refractivity contribution in [2.75, 3.05) is 11.0 Å². The molecule has 0 aliphatic heterocycles. The highest BCUT2D eigenvalue weighted by Gasteiger charge is 2.08. The molecule has 0 aliphatic carbocycles. The highest BCUT2D eigenvalue weighted by molar-refractivity contribution is 7.92. The molecule has 1 aromatic carbocycles. The number of aryl methyl sites for hydroxylation is 1. The molecule has 0 spiro atoms. The molecule has 9 heteroatoms. The molecule has 6 nitrogen and oxygen atoms in total. The molecule has 0 radical (unpaired) electrons. The number of carbonyl (C=O) groups excluding carboxylic acids is 1. The van der Waals surface area contributed by atoms with Gasteiger partial charge in [0.15, 0.2) is 0 Å². The number of nitrogens with one attached hydrogen (secondary N) is 2. The molecular formula is C20H23ClFN3O3S. The first-order valence-electron chi connectivity index (χ1n) is 8.98. The SMILES string of the molecule is CCCc1nc(CF)ccc1/C=C/C(=O)NCc1ccc(NS(C)(=O)=O)c(Cl)c1. The predicted molar refractivity (Wildman–Crippen MR) is 114 cm³/mol. The first kappa shape index (κ1) is 22.8. The van der Waals surface area contributed by atoms with Crippen LogP contribution in [0.15, 0.2) is 36.4 Å². The van der Waals surface area contributed by atoms with Crippen molar-refractivity contribution in [1.82, 2.24) is 10.3 Å². The van der Waals surface area contributed by atoms with E-state index in [-0.39, 0.29) is 23.2 Å². The van der Waals surface area contributed by atoms with Crippen molar-refractivity contribution < 1.29 is 17.6 Å². The Morgan fingerprint density at radius 2 is 2.03 bits per heavy atom. The van der Waals surface area contributed by atoms with Gasteiger partial charge < -0.3 is 5.32 Å². The second-order valence-electron chi connectivity index (χ2n) is 6.46. The van der Waals surface area contributed by atoms with E-state index in [4.69, 9.17) is 11.6 Å². The third-order valence-corrected chi connectivity index (χ3v) is 4.80. The van der Waals surface area contributed by atoms with E-state index in [0.29, 0.717) is 12.1 Å². The van der Waals surface area contributed by atoms with Crippen molar-refractivity contribution in [3.05, 3.63) is 63.9 Å². The van der Waals surface area contributed by atoms with Crippen LogP contribution in [0.4, 0.5) is 10.1 Å². The molecule has 2 aromatic rings.